The maximum atomic E-state index is 12.3. The summed E-state index contributed by atoms with van der Waals surface area (Å²) in [6.45, 7) is 2.64. The third-order valence-electron chi connectivity index (χ3n) is 3.53. The van der Waals surface area contributed by atoms with Crippen LogP contribution in [0.2, 0.25) is 0 Å². The van der Waals surface area contributed by atoms with E-state index in [1.54, 1.807) is 19.1 Å². The molecule has 2 rings (SSSR count). The Kier molecular flexibility index (Phi) is 6.97. The van der Waals surface area contributed by atoms with Gasteiger partial charge in [0.15, 0.2) is 0 Å². The van der Waals surface area contributed by atoms with Gasteiger partial charge in [-0.2, -0.15) is 0 Å². The Morgan fingerprint density at radius 3 is 2.78 bits per heavy atom. The van der Waals surface area contributed by atoms with Crippen LogP contribution in [0.4, 0.5) is 5.69 Å². The fraction of sp³-hybridized carbons (Fsp3) is 0.500. The third kappa shape index (κ3) is 4.21. The van der Waals surface area contributed by atoms with E-state index in [0.717, 1.165) is 5.56 Å². The second-order valence-electron chi connectivity index (χ2n) is 5.09. The average Bonchev–Trinajstić information content (AvgIpc) is 2.89. The van der Waals surface area contributed by atoms with Crippen LogP contribution in [0.5, 0.6) is 0 Å². The molecule has 0 saturated heterocycles. The van der Waals surface area contributed by atoms with E-state index in [4.69, 9.17) is 10.5 Å². The number of fused-ring (bicyclic) bond motifs is 1. The molecule has 1 aliphatic rings. The lowest BCUT2D eigenvalue weighted by molar-refractivity contribution is -0.120. The minimum Gasteiger partial charge on any atom is -0.383 e. The molecular weight excluding hydrogens is 342 g/mol. The Labute approximate surface area is 142 Å². The van der Waals surface area contributed by atoms with Gasteiger partial charge in [-0.3, -0.25) is 4.79 Å². The van der Waals surface area contributed by atoms with Gasteiger partial charge in [-0.25, -0.2) is 13.1 Å². The molecule has 0 aliphatic carbocycles. The Morgan fingerprint density at radius 1 is 1.48 bits per heavy atom. The molecule has 1 unspecified atom stereocenters. The van der Waals surface area contributed by atoms with Gasteiger partial charge in [0.1, 0.15) is 6.04 Å². The average molecular weight is 364 g/mol. The van der Waals surface area contributed by atoms with Gasteiger partial charge < -0.3 is 15.4 Å². The predicted molar refractivity (Wildman–Crippen MR) is 90.5 cm³/mol. The number of amides is 1. The third-order valence-corrected chi connectivity index (χ3v) is 5.07. The van der Waals surface area contributed by atoms with E-state index in [2.05, 4.69) is 4.72 Å². The van der Waals surface area contributed by atoms with E-state index in [-0.39, 0.29) is 29.8 Å². The second kappa shape index (κ2) is 8.07. The first-order valence-electron chi connectivity index (χ1n) is 7.09. The molecule has 1 heterocycles. The molecule has 0 aromatic heterocycles. The Bertz CT molecular complexity index is 666. The predicted octanol–water partition coefficient (Wildman–Crippen LogP) is 0.269. The van der Waals surface area contributed by atoms with Crippen LogP contribution in [0.3, 0.4) is 0 Å². The number of nitrogens with one attached hydrogen (secondary N) is 1. The van der Waals surface area contributed by atoms with Gasteiger partial charge in [-0.05, 0) is 24.1 Å². The first-order chi connectivity index (χ1) is 10.4. The molecule has 0 bridgehead atoms. The summed E-state index contributed by atoms with van der Waals surface area (Å²) in [4.78, 5) is 14.0. The molecule has 1 aromatic rings. The van der Waals surface area contributed by atoms with E-state index in [1.807, 2.05) is 0 Å². The second-order valence-corrected chi connectivity index (χ2v) is 6.86. The zero-order chi connectivity index (χ0) is 16.3. The summed E-state index contributed by atoms with van der Waals surface area (Å²) in [5.74, 6) is -0.265. The summed E-state index contributed by atoms with van der Waals surface area (Å²) in [5.41, 5.74) is 7.33. The lowest BCUT2D eigenvalue weighted by Crippen LogP contribution is -2.45. The van der Waals surface area contributed by atoms with Crippen LogP contribution in [-0.2, 0) is 26.0 Å². The minimum atomic E-state index is -3.56. The highest BCUT2D eigenvalue weighted by molar-refractivity contribution is 7.89. The molecule has 0 spiro atoms. The van der Waals surface area contributed by atoms with Gasteiger partial charge in [-0.15, -0.1) is 12.4 Å². The molecule has 0 radical (unpaired) electrons. The van der Waals surface area contributed by atoms with E-state index in [1.165, 1.54) is 18.1 Å². The molecule has 23 heavy (non-hydrogen) atoms. The lowest BCUT2D eigenvalue weighted by atomic mass is 10.2. The number of hydrogen-bond acceptors (Lipinski definition) is 5. The van der Waals surface area contributed by atoms with Crippen molar-refractivity contribution < 1.29 is 17.9 Å². The number of rotatable bonds is 6. The van der Waals surface area contributed by atoms with Crippen molar-refractivity contribution in [1.82, 2.24) is 4.72 Å². The number of nitrogens with two attached hydrogens (primary N) is 1. The summed E-state index contributed by atoms with van der Waals surface area (Å²) in [7, 11) is -2.08. The van der Waals surface area contributed by atoms with Crippen LogP contribution >= 0.6 is 12.4 Å². The number of carbonyl (C=O) groups is 1. The number of sulfonamides is 1. The van der Waals surface area contributed by atoms with E-state index >= 15 is 0 Å². The highest BCUT2D eigenvalue weighted by Crippen LogP contribution is 2.30. The van der Waals surface area contributed by atoms with Gasteiger partial charge >= 0.3 is 0 Å². The Balaban J connectivity index is 0.00000264. The fourth-order valence-electron chi connectivity index (χ4n) is 2.48. The van der Waals surface area contributed by atoms with Crippen molar-refractivity contribution in [3.63, 3.8) is 0 Å². The maximum absolute atomic E-state index is 12.3. The van der Waals surface area contributed by atoms with Crippen molar-refractivity contribution in [3.8, 4) is 0 Å². The Morgan fingerprint density at radius 2 is 2.17 bits per heavy atom. The molecule has 1 aliphatic heterocycles. The molecule has 0 fully saturated rings. The van der Waals surface area contributed by atoms with Crippen LogP contribution in [-0.4, -0.2) is 47.2 Å². The van der Waals surface area contributed by atoms with Crippen molar-refractivity contribution in [2.75, 3.05) is 31.7 Å². The normalized spacial score (nSPS) is 15.0. The topological polar surface area (TPSA) is 102 Å². The van der Waals surface area contributed by atoms with Crippen LogP contribution in [0, 0.1) is 0 Å². The number of methoxy groups -OCH3 is 1. The number of hydrogen-bond donors (Lipinski definition) is 2. The maximum Gasteiger partial charge on any atom is 0.246 e. The summed E-state index contributed by atoms with van der Waals surface area (Å²) in [6.07, 6.45) is 0.683. The molecule has 1 amide bonds. The van der Waals surface area contributed by atoms with Gasteiger partial charge in [0, 0.05) is 25.9 Å². The molecule has 0 saturated carbocycles. The number of nitrogens with zero attached hydrogens (tertiary/aromatic N) is 1. The first-order valence-corrected chi connectivity index (χ1v) is 8.57. The van der Waals surface area contributed by atoms with Crippen LogP contribution in [0.1, 0.15) is 12.5 Å². The molecule has 3 N–H and O–H groups in total. The lowest BCUT2D eigenvalue weighted by Gasteiger charge is -2.21. The zero-order valence-corrected chi connectivity index (χ0v) is 14.7. The monoisotopic (exact) mass is 363 g/mol. The van der Waals surface area contributed by atoms with E-state index < -0.39 is 16.1 Å². The summed E-state index contributed by atoms with van der Waals surface area (Å²) in [5, 5.41) is 0. The largest absolute Gasteiger partial charge is 0.383 e. The van der Waals surface area contributed by atoms with Crippen molar-refractivity contribution in [3.05, 3.63) is 23.8 Å². The van der Waals surface area contributed by atoms with Crippen molar-refractivity contribution in [2.24, 2.45) is 5.73 Å². The molecule has 1 aromatic carbocycles. The van der Waals surface area contributed by atoms with Gasteiger partial charge in [0.25, 0.3) is 0 Å². The molecule has 9 heteroatoms. The van der Waals surface area contributed by atoms with Gasteiger partial charge in [0.05, 0.1) is 11.5 Å². The summed E-state index contributed by atoms with van der Waals surface area (Å²) in [6, 6.07) is 4.07. The van der Waals surface area contributed by atoms with Crippen molar-refractivity contribution in [2.45, 2.75) is 24.3 Å². The van der Waals surface area contributed by atoms with Crippen LogP contribution in [0.15, 0.2) is 23.1 Å². The molecular formula is C14H22ClN3O4S. The van der Waals surface area contributed by atoms with E-state index in [0.29, 0.717) is 25.2 Å². The number of carbonyl (C=O) groups excluding carboxylic acids is 1. The quantitative estimate of drug-likeness (QED) is 0.755. The molecule has 1 atom stereocenters. The van der Waals surface area contributed by atoms with E-state index in [9.17, 15) is 13.2 Å². The van der Waals surface area contributed by atoms with Gasteiger partial charge in [-0.1, -0.05) is 13.0 Å². The molecule has 130 valence electrons. The summed E-state index contributed by atoms with van der Waals surface area (Å²) < 4.78 is 31.5. The highest BCUT2D eigenvalue weighted by atomic mass is 35.5. The fourth-order valence-corrected chi connectivity index (χ4v) is 3.54. The van der Waals surface area contributed by atoms with Crippen LogP contribution in [0.25, 0.3) is 0 Å². The number of ether oxygens (including phenoxy) is 1. The zero-order valence-electron chi connectivity index (χ0n) is 13.1. The first kappa shape index (κ1) is 19.9. The Hall–Kier alpha value is -1.19. The van der Waals surface area contributed by atoms with Crippen molar-refractivity contribution >= 4 is 34.0 Å². The number of anilines is 1. The van der Waals surface area contributed by atoms with Crippen molar-refractivity contribution in [1.29, 1.82) is 0 Å². The smallest absolute Gasteiger partial charge is 0.246 e. The SMILES string of the molecule is CCNS(=O)(=O)c1ccc2c(c1)N(C(=O)C(N)COC)CC2.Cl. The standard InChI is InChI=1S/C14H21N3O4S.ClH/c1-3-16-22(19,20)11-5-4-10-6-7-17(13(10)8-11)14(18)12(15)9-21-2;/h4-5,8,12,16H,3,6-7,9,15H2,1-2H3;1H. The summed E-state index contributed by atoms with van der Waals surface area (Å²) >= 11 is 0. The molecule has 7 nitrogen and oxygen atoms in total. The number of benzene rings is 1. The van der Waals surface area contributed by atoms with Crippen LogP contribution < -0.4 is 15.4 Å². The highest BCUT2D eigenvalue weighted by Gasteiger charge is 2.29. The van der Waals surface area contributed by atoms with Gasteiger partial charge in [0.2, 0.25) is 15.9 Å². The minimum absolute atomic E-state index is 0. The number of halogens is 1.